The van der Waals surface area contributed by atoms with Crippen LogP contribution >= 0.6 is 0 Å². The van der Waals surface area contributed by atoms with E-state index >= 15 is 0 Å². The highest BCUT2D eigenvalue weighted by atomic mass is 15.1. The first-order valence-corrected chi connectivity index (χ1v) is 8.17. The molecule has 130 valence electrons. The molecule has 0 atom stereocenters. The Bertz CT molecular complexity index is 387. The summed E-state index contributed by atoms with van der Waals surface area (Å²) >= 11 is 0. The third-order valence-corrected chi connectivity index (χ3v) is 4.34. The summed E-state index contributed by atoms with van der Waals surface area (Å²) in [6.45, 7) is 21.8. The van der Waals surface area contributed by atoms with Gasteiger partial charge in [0.2, 0.25) is 0 Å². The molecule has 0 radical (unpaired) electrons. The maximum absolute atomic E-state index is 5.68. The van der Waals surface area contributed by atoms with Crippen LogP contribution in [0.15, 0.2) is 10.2 Å². The summed E-state index contributed by atoms with van der Waals surface area (Å²) < 4.78 is 0. The summed E-state index contributed by atoms with van der Waals surface area (Å²) in [5.41, 5.74) is 1.94. The summed E-state index contributed by atoms with van der Waals surface area (Å²) in [5.74, 6) is 11.4. The van der Waals surface area contributed by atoms with Crippen molar-refractivity contribution in [1.82, 2.24) is 0 Å². The fourth-order valence-electron chi connectivity index (χ4n) is 3.63. The molecule has 0 aromatic carbocycles. The molecule has 0 saturated heterocycles. The smallest absolute Gasteiger partial charge is 0.0485 e. The molecule has 0 aliphatic rings. The Morgan fingerprint density at radius 2 is 0.818 bits per heavy atom. The third-order valence-electron chi connectivity index (χ3n) is 4.34. The van der Waals surface area contributed by atoms with Crippen LogP contribution in [0.25, 0.3) is 0 Å². The van der Waals surface area contributed by atoms with Crippen LogP contribution in [0.3, 0.4) is 0 Å². The van der Waals surface area contributed by atoms with Gasteiger partial charge in [-0.3, -0.25) is 0 Å². The van der Waals surface area contributed by atoms with Crippen LogP contribution < -0.4 is 11.7 Å². The summed E-state index contributed by atoms with van der Waals surface area (Å²) in [6.07, 6.45) is 1.98. The van der Waals surface area contributed by atoms with Crippen molar-refractivity contribution in [3.8, 4) is 0 Å². The van der Waals surface area contributed by atoms with E-state index in [4.69, 9.17) is 11.7 Å². The highest BCUT2D eigenvalue weighted by molar-refractivity contribution is 5.95. The van der Waals surface area contributed by atoms with Crippen molar-refractivity contribution in [3.63, 3.8) is 0 Å². The predicted molar refractivity (Wildman–Crippen MR) is 99.0 cm³/mol. The largest absolute Gasteiger partial charge is 0.323 e. The van der Waals surface area contributed by atoms with E-state index < -0.39 is 0 Å². The summed E-state index contributed by atoms with van der Waals surface area (Å²) in [6, 6.07) is 0. The van der Waals surface area contributed by atoms with Gasteiger partial charge in [0.1, 0.15) is 0 Å². The van der Waals surface area contributed by atoms with Crippen LogP contribution in [0.2, 0.25) is 0 Å². The molecule has 0 aromatic heterocycles. The average Bonchev–Trinajstić information content (AvgIpc) is 2.23. The number of nitrogens with zero attached hydrogens (tertiary/aromatic N) is 2. The standard InChI is InChI=1S/C18H38N4/c1-15(2,3)13(21-19)17(7,8)11-12-18(9,10)14(22-20)16(4,5)6/h11-12,19-20H2,1-10H3/b21-13-,22-14+. The lowest BCUT2D eigenvalue weighted by atomic mass is 9.66. The lowest BCUT2D eigenvalue weighted by Gasteiger charge is -2.39. The predicted octanol–water partition coefficient (Wildman–Crippen LogP) is 4.54. The van der Waals surface area contributed by atoms with Crippen LogP contribution in [0.4, 0.5) is 0 Å². The molecular weight excluding hydrogens is 272 g/mol. The van der Waals surface area contributed by atoms with E-state index in [0.29, 0.717) is 0 Å². The van der Waals surface area contributed by atoms with Crippen LogP contribution in [-0.2, 0) is 0 Å². The van der Waals surface area contributed by atoms with Gasteiger partial charge in [-0.2, -0.15) is 10.2 Å². The molecule has 0 heterocycles. The van der Waals surface area contributed by atoms with Crippen molar-refractivity contribution in [1.29, 1.82) is 0 Å². The molecule has 0 rings (SSSR count). The molecule has 0 bridgehead atoms. The van der Waals surface area contributed by atoms with Crippen LogP contribution in [0.1, 0.15) is 82.1 Å². The van der Waals surface area contributed by atoms with Crippen molar-refractivity contribution < 1.29 is 0 Å². The molecule has 0 aromatic rings. The first-order valence-electron chi connectivity index (χ1n) is 8.17. The SMILES string of the molecule is CC(C)(C)/C(=N/N)C(C)(C)CCC(C)(C)/C(=N/N)C(C)(C)C. The summed E-state index contributed by atoms with van der Waals surface area (Å²) in [5, 5.41) is 8.21. The third kappa shape index (κ3) is 5.29. The maximum atomic E-state index is 5.68. The minimum absolute atomic E-state index is 0.0305. The van der Waals surface area contributed by atoms with Gasteiger partial charge < -0.3 is 11.7 Å². The summed E-state index contributed by atoms with van der Waals surface area (Å²) in [4.78, 5) is 0. The van der Waals surface area contributed by atoms with Crippen molar-refractivity contribution >= 4 is 11.4 Å². The molecule has 4 nitrogen and oxygen atoms in total. The highest BCUT2D eigenvalue weighted by Crippen LogP contribution is 2.40. The molecule has 0 spiro atoms. The minimum atomic E-state index is -0.0537. The molecule has 0 fully saturated rings. The number of rotatable bonds is 5. The van der Waals surface area contributed by atoms with Gasteiger partial charge in [-0.25, -0.2) is 0 Å². The molecule has 4 N–H and O–H groups in total. The van der Waals surface area contributed by atoms with Crippen molar-refractivity contribution in [3.05, 3.63) is 0 Å². The number of hydrogen-bond donors (Lipinski definition) is 2. The van der Waals surface area contributed by atoms with Gasteiger partial charge in [0.05, 0.1) is 0 Å². The Hall–Kier alpha value is -1.06. The molecule has 0 saturated carbocycles. The number of nitrogens with two attached hydrogens (primary N) is 2. The fourth-order valence-corrected chi connectivity index (χ4v) is 3.63. The molecule has 0 amide bonds. The maximum Gasteiger partial charge on any atom is 0.0485 e. The van der Waals surface area contributed by atoms with E-state index in [1.165, 1.54) is 0 Å². The van der Waals surface area contributed by atoms with Gasteiger partial charge in [0.25, 0.3) is 0 Å². The van der Waals surface area contributed by atoms with E-state index in [1.54, 1.807) is 0 Å². The molecule has 0 aliphatic carbocycles. The Kier molecular flexibility index (Phi) is 6.27. The zero-order valence-corrected chi connectivity index (χ0v) is 16.5. The molecule has 0 unspecified atom stereocenters. The zero-order chi connectivity index (χ0) is 18.0. The quantitative estimate of drug-likeness (QED) is 0.444. The molecule has 0 aliphatic heterocycles. The van der Waals surface area contributed by atoms with E-state index in [9.17, 15) is 0 Å². The van der Waals surface area contributed by atoms with Crippen LogP contribution in [0, 0.1) is 21.7 Å². The minimum Gasteiger partial charge on any atom is -0.323 e. The first kappa shape index (κ1) is 20.9. The lowest BCUT2D eigenvalue weighted by Crippen LogP contribution is -2.40. The van der Waals surface area contributed by atoms with Gasteiger partial charge in [0, 0.05) is 33.1 Å². The fraction of sp³-hybridized carbons (Fsp3) is 0.889. The van der Waals surface area contributed by atoms with Gasteiger partial charge in [-0.05, 0) is 12.8 Å². The van der Waals surface area contributed by atoms with Crippen LogP contribution in [0.5, 0.6) is 0 Å². The van der Waals surface area contributed by atoms with Crippen LogP contribution in [-0.4, -0.2) is 11.4 Å². The second kappa shape index (κ2) is 6.59. The van der Waals surface area contributed by atoms with E-state index in [1.807, 2.05) is 0 Å². The van der Waals surface area contributed by atoms with Crippen molar-refractivity contribution in [2.45, 2.75) is 82.1 Å². The van der Waals surface area contributed by atoms with Gasteiger partial charge in [0.15, 0.2) is 0 Å². The average molecular weight is 311 g/mol. The second-order valence-corrected chi connectivity index (χ2v) is 9.72. The Balaban J connectivity index is 5.29. The topological polar surface area (TPSA) is 76.8 Å². The van der Waals surface area contributed by atoms with Gasteiger partial charge in [-0.15, -0.1) is 0 Å². The van der Waals surface area contributed by atoms with E-state index in [2.05, 4.69) is 79.4 Å². The Morgan fingerprint density at radius 1 is 0.591 bits per heavy atom. The van der Waals surface area contributed by atoms with Gasteiger partial charge in [-0.1, -0.05) is 69.2 Å². The number of hydrogen-bond acceptors (Lipinski definition) is 4. The van der Waals surface area contributed by atoms with Crippen molar-refractivity contribution in [2.75, 3.05) is 0 Å². The molecular formula is C18H38N4. The lowest BCUT2D eigenvalue weighted by molar-refractivity contribution is 0.329. The Morgan fingerprint density at radius 3 is 0.955 bits per heavy atom. The normalized spacial score (nSPS) is 16.1. The Labute approximate surface area is 137 Å². The first-order chi connectivity index (χ1) is 9.59. The monoisotopic (exact) mass is 310 g/mol. The molecule has 4 heteroatoms. The number of hydrazone groups is 2. The van der Waals surface area contributed by atoms with Crippen molar-refractivity contribution in [2.24, 2.45) is 43.5 Å². The molecule has 22 heavy (non-hydrogen) atoms. The van der Waals surface area contributed by atoms with Gasteiger partial charge >= 0.3 is 0 Å². The highest BCUT2D eigenvalue weighted by Gasteiger charge is 2.38. The second-order valence-electron chi connectivity index (χ2n) is 9.72. The van der Waals surface area contributed by atoms with E-state index in [0.717, 1.165) is 24.3 Å². The van der Waals surface area contributed by atoms with E-state index in [-0.39, 0.29) is 21.7 Å². The summed E-state index contributed by atoms with van der Waals surface area (Å²) in [7, 11) is 0. The zero-order valence-electron chi connectivity index (χ0n) is 16.5.